The molecule has 8 nitrogen and oxygen atoms in total. The van der Waals surface area contributed by atoms with Crippen LogP contribution in [0.15, 0.2) is 5.16 Å². The van der Waals surface area contributed by atoms with Gasteiger partial charge in [-0.2, -0.15) is 8.78 Å². The van der Waals surface area contributed by atoms with Gasteiger partial charge in [-0.1, -0.05) is 0 Å². The van der Waals surface area contributed by atoms with E-state index in [-0.39, 0.29) is 36.3 Å². The lowest BCUT2D eigenvalue weighted by Crippen LogP contribution is -2.37. The van der Waals surface area contributed by atoms with Crippen molar-refractivity contribution in [1.82, 2.24) is 20.2 Å². The summed E-state index contributed by atoms with van der Waals surface area (Å²) < 4.78 is 29.7. The fraction of sp³-hybridized carbons (Fsp3) is 0.533. The first kappa shape index (κ1) is 20.0. The van der Waals surface area contributed by atoms with Crippen molar-refractivity contribution in [3.05, 3.63) is 17.0 Å². The largest absolute Gasteiger partial charge is 0.456 e. The smallest absolute Gasteiger partial charge is 0.324 e. The second-order valence-electron chi connectivity index (χ2n) is 5.47. The summed E-state index contributed by atoms with van der Waals surface area (Å²) in [7, 11) is 0. The highest BCUT2D eigenvalue weighted by Crippen LogP contribution is 2.24. The standard InChI is InChI=1S/C15H18F2N4O4S/c1-8-10(9(2)20-14(19-8)26-13(16)17)3-4-12(23)25-7-11(22)21-6-5-18-15(21)24/h13H,3-7H2,1-2H3,(H,18,24). The van der Waals surface area contributed by atoms with Crippen molar-refractivity contribution in [2.45, 2.75) is 37.6 Å². The fourth-order valence-electron chi connectivity index (χ4n) is 2.43. The number of carbonyl (C=O) groups is 3. The zero-order valence-corrected chi connectivity index (χ0v) is 15.1. The zero-order valence-electron chi connectivity index (χ0n) is 14.3. The van der Waals surface area contributed by atoms with Crippen LogP contribution in [-0.4, -0.2) is 58.2 Å². The number of esters is 1. The summed E-state index contributed by atoms with van der Waals surface area (Å²) >= 11 is 0.261. The van der Waals surface area contributed by atoms with E-state index >= 15 is 0 Å². The van der Waals surface area contributed by atoms with Gasteiger partial charge in [0.1, 0.15) is 0 Å². The van der Waals surface area contributed by atoms with E-state index in [1.165, 1.54) is 0 Å². The van der Waals surface area contributed by atoms with Crippen LogP contribution in [0.3, 0.4) is 0 Å². The molecule has 0 spiro atoms. The molecule has 142 valence electrons. The van der Waals surface area contributed by atoms with Crippen LogP contribution in [0.5, 0.6) is 0 Å². The number of halogens is 2. The second kappa shape index (κ2) is 8.88. The lowest BCUT2D eigenvalue weighted by Gasteiger charge is -2.13. The van der Waals surface area contributed by atoms with Gasteiger partial charge in [-0.15, -0.1) is 0 Å². The molecule has 1 N–H and O–H groups in total. The minimum Gasteiger partial charge on any atom is -0.456 e. The number of rotatable bonds is 7. The van der Waals surface area contributed by atoms with Crippen molar-refractivity contribution in [3.63, 3.8) is 0 Å². The number of imide groups is 1. The Bertz CT molecular complexity index is 694. The van der Waals surface area contributed by atoms with Crippen LogP contribution < -0.4 is 5.32 Å². The lowest BCUT2D eigenvalue weighted by atomic mass is 10.1. The average Bonchev–Trinajstić information content (AvgIpc) is 2.97. The van der Waals surface area contributed by atoms with E-state index in [9.17, 15) is 23.2 Å². The number of hydrogen-bond acceptors (Lipinski definition) is 7. The molecule has 0 saturated carbocycles. The molecule has 11 heteroatoms. The molecule has 3 amide bonds. The topological polar surface area (TPSA) is 101 Å². The number of thioether (sulfide) groups is 1. The summed E-state index contributed by atoms with van der Waals surface area (Å²) in [6.07, 6.45) is 0.236. The highest BCUT2D eigenvalue weighted by atomic mass is 32.2. The van der Waals surface area contributed by atoms with Crippen molar-refractivity contribution in [2.24, 2.45) is 0 Å². The van der Waals surface area contributed by atoms with Gasteiger partial charge in [-0.05, 0) is 37.6 Å². The number of nitrogens with zero attached hydrogens (tertiary/aromatic N) is 3. The molecule has 1 aliphatic heterocycles. The lowest BCUT2D eigenvalue weighted by molar-refractivity contribution is -0.150. The molecule has 1 aromatic rings. The number of urea groups is 1. The van der Waals surface area contributed by atoms with Crippen molar-refractivity contribution < 1.29 is 27.9 Å². The molecule has 0 radical (unpaired) electrons. The van der Waals surface area contributed by atoms with Crippen molar-refractivity contribution in [2.75, 3.05) is 19.7 Å². The minimum atomic E-state index is -2.61. The Balaban J connectivity index is 1.85. The summed E-state index contributed by atoms with van der Waals surface area (Å²) in [5, 5.41) is 2.46. The van der Waals surface area contributed by atoms with Crippen LogP contribution in [0.1, 0.15) is 23.4 Å². The van der Waals surface area contributed by atoms with Gasteiger partial charge in [0, 0.05) is 30.9 Å². The molecule has 1 saturated heterocycles. The van der Waals surface area contributed by atoms with Crippen LogP contribution in [0.2, 0.25) is 0 Å². The van der Waals surface area contributed by atoms with E-state index in [0.717, 1.165) is 4.90 Å². The predicted octanol–water partition coefficient (Wildman–Crippen LogP) is 1.44. The van der Waals surface area contributed by atoms with Crippen LogP contribution >= 0.6 is 11.8 Å². The first-order chi connectivity index (χ1) is 12.3. The summed E-state index contributed by atoms with van der Waals surface area (Å²) in [5.41, 5.74) is 1.70. The van der Waals surface area contributed by atoms with E-state index in [2.05, 4.69) is 15.3 Å². The summed E-state index contributed by atoms with van der Waals surface area (Å²) in [6.45, 7) is 3.41. The third-order valence-corrected chi connectivity index (χ3v) is 4.26. The number of hydrogen-bond donors (Lipinski definition) is 1. The van der Waals surface area contributed by atoms with Gasteiger partial charge < -0.3 is 10.1 Å². The molecule has 2 heterocycles. The maximum atomic E-state index is 12.4. The molecular formula is C15H18F2N4O4S. The minimum absolute atomic E-state index is 0.0178. The van der Waals surface area contributed by atoms with Crippen LogP contribution in [0.4, 0.5) is 13.6 Å². The third kappa shape index (κ3) is 5.35. The van der Waals surface area contributed by atoms with Crippen LogP contribution in [0, 0.1) is 13.8 Å². The summed E-state index contributed by atoms with van der Waals surface area (Å²) in [5.74, 6) is -3.80. The average molecular weight is 388 g/mol. The van der Waals surface area contributed by atoms with Gasteiger partial charge in [-0.25, -0.2) is 14.8 Å². The first-order valence-electron chi connectivity index (χ1n) is 7.80. The number of aromatic nitrogens is 2. The number of alkyl halides is 2. The summed E-state index contributed by atoms with van der Waals surface area (Å²) in [6, 6.07) is -0.504. The third-order valence-electron chi connectivity index (χ3n) is 3.69. The van der Waals surface area contributed by atoms with E-state index in [1.54, 1.807) is 13.8 Å². The van der Waals surface area contributed by atoms with Crippen LogP contribution in [0.25, 0.3) is 0 Å². The van der Waals surface area contributed by atoms with Gasteiger partial charge in [0.2, 0.25) is 0 Å². The molecule has 2 rings (SSSR count). The predicted molar refractivity (Wildman–Crippen MR) is 87.8 cm³/mol. The van der Waals surface area contributed by atoms with E-state index in [4.69, 9.17) is 4.74 Å². The Labute approximate surface area is 152 Å². The Morgan fingerprint density at radius 2 is 1.96 bits per heavy atom. The second-order valence-corrected chi connectivity index (χ2v) is 6.43. The maximum absolute atomic E-state index is 12.4. The molecule has 0 aliphatic carbocycles. The monoisotopic (exact) mass is 388 g/mol. The number of carbonyl (C=O) groups excluding carboxylic acids is 3. The molecule has 0 bridgehead atoms. The number of aryl methyl sites for hydroxylation is 2. The highest BCUT2D eigenvalue weighted by Gasteiger charge is 2.26. The van der Waals surface area contributed by atoms with Crippen molar-refractivity contribution in [1.29, 1.82) is 0 Å². The molecule has 0 aromatic carbocycles. The molecule has 1 aliphatic rings. The Kier molecular flexibility index (Phi) is 6.83. The molecule has 26 heavy (non-hydrogen) atoms. The SMILES string of the molecule is Cc1nc(SC(F)F)nc(C)c1CCC(=O)OCC(=O)N1CCNC1=O. The van der Waals surface area contributed by atoms with E-state index in [1.807, 2.05) is 0 Å². The number of ether oxygens (including phenoxy) is 1. The van der Waals surface area contributed by atoms with E-state index < -0.39 is 30.3 Å². The number of amides is 3. The first-order valence-corrected chi connectivity index (χ1v) is 8.68. The Morgan fingerprint density at radius 1 is 1.31 bits per heavy atom. The molecule has 1 aromatic heterocycles. The van der Waals surface area contributed by atoms with Gasteiger partial charge in [0.25, 0.3) is 11.7 Å². The van der Waals surface area contributed by atoms with Crippen molar-refractivity contribution in [3.8, 4) is 0 Å². The molecule has 1 fully saturated rings. The Hall–Kier alpha value is -2.30. The Morgan fingerprint density at radius 3 is 2.50 bits per heavy atom. The molecule has 0 atom stereocenters. The van der Waals surface area contributed by atoms with Gasteiger partial charge >= 0.3 is 12.0 Å². The van der Waals surface area contributed by atoms with Gasteiger partial charge in [-0.3, -0.25) is 14.5 Å². The zero-order chi connectivity index (χ0) is 19.3. The molecule has 0 unspecified atom stereocenters. The maximum Gasteiger partial charge on any atom is 0.324 e. The van der Waals surface area contributed by atoms with E-state index in [0.29, 0.717) is 23.5 Å². The molecular weight excluding hydrogens is 370 g/mol. The normalized spacial score (nSPS) is 13.9. The van der Waals surface area contributed by atoms with Gasteiger partial charge in [0.05, 0.1) is 0 Å². The highest BCUT2D eigenvalue weighted by molar-refractivity contribution is 7.99. The van der Waals surface area contributed by atoms with Crippen LogP contribution in [-0.2, 0) is 20.7 Å². The summed E-state index contributed by atoms with van der Waals surface area (Å²) in [4.78, 5) is 43.9. The van der Waals surface area contributed by atoms with Gasteiger partial charge in [0.15, 0.2) is 11.8 Å². The quantitative estimate of drug-likeness (QED) is 0.428. The number of nitrogens with one attached hydrogen (secondary N) is 1. The fourth-order valence-corrected chi connectivity index (χ4v) is 2.97. The van der Waals surface area contributed by atoms with Crippen molar-refractivity contribution >= 4 is 29.7 Å².